The maximum atomic E-state index is 12.8. The lowest BCUT2D eigenvalue weighted by Gasteiger charge is -2.24. The highest BCUT2D eigenvalue weighted by atomic mass is 19.1. The second kappa shape index (κ2) is 5.95. The molecule has 1 unspecified atom stereocenters. The van der Waals surface area contributed by atoms with E-state index in [2.05, 4.69) is 20.8 Å². The van der Waals surface area contributed by atoms with Crippen molar-refractivity contribution in [3.8, 4) is 0 Å². The largest absolute Gasteiger partial charge is 0.303 e. The molecule has 0 aliphatic carbocycles. The van der Waals surface area contributed by atoms with Gasteiger partial charge in [-0.05, 0) is 41.9 Å². The van der Waals surface area contributed by atoms with Gasteiger partial charge >= 0.3 is 0 Å². The van der Waals surface area contributed by atoms with Crippen LogP contribution in [-0.2, 0) is 11.2 Å². The predicted octanol–water partition coefficient (Wildman–Crippen LogP) is 4.01. The van der Waals surface area contributed by atoms with E-state index >= 15 is 0 Å². The van der Waals surface area contributed by atoms with Crippen LogP contribution >= 0.6 is 0 Å². The Labute approximate surface area is 103 Å². The van der Waals surface area contributed by atoms with Crippen molar-refractivity contribution in [1.82, 2.24) is 0 Å². The molecule has 17 heavy (non-hydrogen) atoms. The van der Waals surface area contributed by atoms with Crippen LogP contribution in [0.1, 0.15) is 39.2 Å². The van der Waals surface area contributed by atoms with E-state index in [1.54, 1.807) is 12.1 Å². The fourth-order valence-electron chi connectivity index (χ4n) is 2.19. The third-order valence-electron chi connectivity index (χ3n) is 2.77. The first-order valence-electron chi connectivity index (χ1n) is 6.09. The summed E-state index contributed by atoms with van der Waals surface area (Å²) < 4.78 is 12.8. The fourth-order valence-corrected chi connectivity index (χ4v) is 2.19. The Morgan fingerprint density at radius 3 is 2.29 bits per heavy atom. The third-order valence-corrected chi connectivity index (χ3v) is 2.77. The van der Waals surface area contributed by atoms with Gasteiger partial charge in [0.25, 0.3) is 0 Å². The van der Waals surface area contributed by atoms with E-state index < -0.39 is 0 Å². The van der Waals surface area contributed by atoms with Gasteiger partial charge in [0.15, 0.2) is 0 Å². The summed E-state index contributed by atoms with van der Waals surface area (Å²) in [7, 11) is 0. The van der Waals surface area contributed by atoms with Crippen molar-refractivity contribution in [1.29, 1.82) is 0 Å². The number of rotatable bonds is 5. The Bertz CT molecular complexity index is 348. The van der Waals surface area contributed by atoms with Crippen LogP contribution in [0.4, 0.5) is 4.39 Å². The molecule has 1 aromatic rings. The van der Waals surface area contributed by atoms with Gasteiger partial charge in [0, 0.05) is 6.42 Å². The summed E-state index contributed by atoms with van der Waals surface area (Å²) in [6.45, 7) is 6.53. The average molecular weight is 236 g/mol. The van der Waals surface area contributed by atoms with Crippen LogP contribution < -0.4 is 0 Å². The van der Waals surface area contributed by atoms with Crippen molar-refractivity contribution in [2.45, 2.75) is 40.0 Å². The van der Waals surface area contributed by atoms with Crippen molar-refractivity contribution < 1.29 is 9.18 Å². The molecule has 1 rings (SSSR count). The van der Waals surface area contributed by atoms with Crippen molar-refractivity contribution in [3.63, 3.8) is 0 Å². The molecular formula is C15H21FO. The van der Waals surface area contributed by atoms with E-state index in [1.165, 1.54) is 12.1 Å². The van der Waals surface area contributed by atoms with Gasteiger partial charge in [-0.25, -0.2) is 4.39 Å². The van der Waals surface area contributed by atoms with E-state index in [4.69, 9.17) is 0 Å². The van der Waals surface area contributed by atoms with E-state index in [9.17, 15) is 9.18 Å². The lowest BCUT2D eigenvalue weighted by atomic mass is 9.81. The minimum Gasteiger partial charge on any atom is -0.303 e. The first kappa shape index (κ1) is 13.9. The SMILES string of the molecule is CC(C)(C)CC(CC=O)Cc1ccc(F)cc1. The number of aldehydes is 1. The second-order valence-corrected chi connectivity index (χ2v) is 5.86. The van der Waals surface area contributed by atoms with Crippen LogP contribution in [0.25, 0.3) is 0 Å². The van der Waals surface area contributed by atoms with Gasteiger partial charge in [-0.15, -0.1) is 0 Å². The summed E-state index contributed by atoms with van der Waals surface area (Å²) in [5.74, 6) is 0.134. The molecule has 0 aliphatic heterocycles. The number of carbonyl (C=O) groups excluding carboxylic acids is 1. The van der Waals surface area contributed by atoms with E-state index in [0.29, 0.717) is 12.3 Å². The van der Waals surface area contributed by atoms with E-state index in [-0.39, 0.29) is 11.2 Å². The smallest absolute Gasteiger partial charge is 0.123 e. The first-order chi connectivity index (χ1) is 7.90. The Balaban J connectivity index is 2.66. The normalized spacial score (nSPS) is 13.4. The Kier molecular flexibility index (Phi) is 4.86. The number of carbonyl (C=O) groups is 1. The molecule has 1 aromatic carbocycles. The van der Waals surface area contributed by atoms with Gasteiger partial charge < -0.3 is 4.79 Å². The van der Waals surface area contributed by atoms with Crippen LogP contribution in [0.3, 0.4) is 0 Å². The molecule has 0 radical (unpaired) electrons. The van der Waals surface area contributed by atoms with Crippen LogP contribution in [0.15, 0.2) is 24.3 Å². The Morgan fingerprint density at radius 2 is 1.82 bits per heavy atom. The lowest BCUT2D eigenvalue weighted by molar-refractivity contribution is -0.108. The Morgan fingerprint density at radius 1 is 1.24 bits per heavy atom. The van der Waals surface area contributed by atoms with Gasteiger partial charge in [0.1, 0.15) is 12.1 Å². The van der Waals surface area contributed by atoms with Gasteiger partial charge in [-0.2, -0.15) is 0 Å². The summed E-state index contributed by atoms with van der Waals surface area (Å²) in [5.41, 5.74) is 1.32. The number of hydrogen-bond donors (Lipinski definition) is 0. The maximum Gasteiger partial charge on any atom is 0.123 e. The van der Waals surface area contributed by atoms with Crippen LogP contribution in [0.2, 0.25) is 0 Å². The summed E-state index contributed by atoms with van der Waals surface area (Å²) in [4.78, 5) is 10.7. The molecule has 0 aliphatic rings. The lowest BCUT2D eigenvalue weighted by Crippen LogP contribution is -2.16. The molecule has 0 bridgehead atoms. The van der Waals surface area contributed by atoms with Crippen LogP contribution in [0.5, 0.6) is 0 Å². The predicted molar refractivity (Wildman–Crippen MR) is 68.3 cm³/mol. The first-order valence-corrected chi connectivity index (χ1v) is 6.09. The standard InChI is InChI=1S/C15H21FO/c1-15(2,3)11-13(8-9-17)10-12-4-6-14(16)7-5-12/h4-7,9,13H,8,10-11H2,1-3H3. The topological polar surface area (TPSA) is 17.1 Å². The minimum atomic E-state index is -0.212. The molecular weight excluding hydrogens is 215 g/mol. The Hall–Kier alpha value is -1.18. The molecule has 2 heteroatoms. The van der Waals surface area contributed by atoms with Crippen molar-refractivity contribution in [3.05, 3.63) is 35.6 Å². The number of hydrogen-bond acceptors (Lipinski definition) is 1. The van der Waals surface area contributed by atoms with Crippen LogP contribution in [0, 0.1) is 17.2 Å². The molecule has 0 spiro atoms. The molecule has 94 valence electrons. The summed E-state index contributed by atoms with van der Waals surface area (Å²) in [5, 5.41) is 0. The summed E-state index contributed by atoms with van der Waals surface area (Å²) in [6, 6.07) is 6.56. The van der Waals surface area contributed by atoms with Gasteiger partial charge in [-0.3, -0.25) is 0 Å². The molecule has 1 nitrogen and oxygen atoms in total. The highest BCUT2D eigenvalue weighted by molar-refractivity contribution is 5.49. The maximum absolute atomic E-state index is 12.8. The fraction of sp³-hybridized carbons (Fsp3) is 0.533. The number of benzene rings is 1. The molecule has 0 N–H and O–H groups in total. The molecule has 0 aromatic heterocycles. The molecule has 1 atom stereocenters. The zero-order valence-corrected chi connectivity index (χ0v) is 10.9. The highest BCUT2D eigenvalue weighted by Gasteiger charge is 2.18. The molecule has 0 fully saturated rings. The zero-order valence-electron chi connectivity index (χ0n) is 10.9. The monoisotopic (exact) mass is 236 g/mol. The van der Waals surface area contributed by atoms with E-state index in [0.717, 1.165) is 24.7 Å². The molecule has 0 heterocycles. The molecule has 0 amide bonds. The highest BCUT2D eigenvalue weighted by Crippen LogP contribution is 2.28. The quantitative estimate of drug-likeness (QED) is 0.706. The van der Waals surface area contributed by atoms with Gasteiger partial charge in [0.2, 0.25) is 0 Å². The second-order valence-electron chi connectivity index (χ2n) is 5.86. The van der Waals surface area contributed by atoms with Crippen molar-refractivity contribution in [2.24, 2.45) is 11.3 Å². The van der Waals surface area contributed by atoms with Gasteiger partial charge in [-0.1, -0.05) is 32.9 Å². The summed E-state index contributed by atoms with van der Waals surface area (Å²) >= 11 is 0. The molecule has 0 saturated carbocycles. The minimum absolute atomic E-state index is 0.212. The average Bonchev–Trinajstić information content (AvgIpc) is 2.19. The molecule has 0 saturated heterocycles. The van der Waals surface area contributed by atoms with Crippen molar-refractivity contribution in [2.75, 3.05) is 0 Å². The third kappa shape index (κ3) is 5.62. The van der Waals surface area contributed by atoms with Gasteiger partial charge in [0.05, 0.1) is 0 Å². The van der Waals surface area contributed by atoms with Crippen molar-refractivity contribution >= 4 is 6.29 Å². The number of halogens is 1. The zero-order chi connectivity index (χ0) is 12.9. The van der Waals surface area contributed by atoms with E-state index in [1.807, 2.05) is 0 Å². The summed E-state index contributed by atoms with van der Waals surface area (Å²) in [6.07, 6.45) is 3.41. The van der Waals surface area contributed by atoms with Crippen LogP contribution in [-0.4, -0.2) is 6.29 Å².